The fraction of sp³-hybridized carbons (Fsp3) is 0.211. The zero-order valence-corrected chi connectivity index (χ0v) is 14.3. The summed E-state index contributed by atoms with van der Waals surface area (Å²) >= 11 is 0. The van der Waals surface area contributed by atoms with E-state index in [9.17, 15) is 4.79 Å². The van der Waals surface area contributed by atoms with E-state index in [1.807, 2.05) is 30.3 Å². The molecule has 0 unspecified atom stereocenters. The molecule has 0 amide bonds. The molecule has 0 N–H and O–H groups in total. The molecular formula is C19H18N2O5. The first-order chi connectivity index (χ1) is 12.7. The van der Waals surface area contributed by atoms with Gasteiger partial charge in [0.2, 0.25) is 5.89 Å². The van der Waals surface area contributed by atoms with Crippen molar-refractivity contribution in [3.05, 3.63) is 60.5 Å². The third-order valence-electron chi connectivity index (χ3n) is 3.48. The predicted molar refractivity (Wildman–Crippen MR) is 92.6 cm³/mol. The molecule has 0 aliphatic carbocycles. The zero-order chi connectivity index (χ0) is 18.2. The quantitative estimate of drug-likeness (QED) is 0.574. The number of nitrogens with zero attached hydrogens (tertiary/aromatic N) is 2. The van der Waals surface area contributed by atoms with Crippen molar-refractivity contribution >= 4 is 5.97 Å². The Morgan fingerprint density at radius 3 is 2.46 bits per heavy atom. The summed E-state index contributed by atoms with van der Waals surface area (Å²) in [5.74, 6) is 1.62. The molecule has 3 rings (SSSR count). The van der Waals surface area contributed by atoms with Gasteiger partial charge in [0, 0.05) is 5.56 Å². The van der Waals surface area contributed by atoms with E-state index in [2.05, 4.69) is 10.2 Å². The van der Waals surface area contributed by atoms with Gasteiger partial charge in [0.05, 0.1) is 20.1 Å². The lowest BCUT2D eigenvalue weighted by atomic mass is 10.2. The maximum absolute atomic E-state index is 11.8. The number of esters is 1. The molecule has 26 heavy (non-hydrogen) atoms. The van der Waals surface area contributed by atoms with E-state index in [0.717, 1.165) is 11.3 Å². The largest absolute Gasteiger partial charge is 0.497 e. The van der Waals surface area contributed by atoms with E-state index < -0.39 is 5.97 Å². The van der Waals surface area contributed by atoms with Crippen LogP contribution in [0.4, 0.5) is 0 Å². The number of hydrogen-bond donors (Lipinski definition) is 0. The lowest BCUT2D eigenvalue weighted by molar-refractivity contribution is -0.146. The molecule has 0 atom stereocenters. The average molecular weight is 354 g/mol. The SMILES string of the molecule is COc1ccc(OCCC(=O)OCc2nnc(-c3ccccc3)o2)cc1. The number of ether oxygens (including phenoxy) is 3. The Hall–Kier alpha value is -3.35. The first-order valence-corrected chi connectivity index (χ1v) is 8.05. The van der Waals surface area contributed by atoms with E-state index in [-0.39, 0.29) is 25.5 Å². The lowest BCUT2D eigenvalue weighted by Gasteiger charge is -2.06. The van der Waals surface area contributed by atoms with Crippen LogP contribution in [0.25, 0.3) is 11.5 Å². The van der Waals surface area contributed by atoms with Crippen molar-refractivity contribution in [3.8, 4) is 23.0 Å². The molecule has 0 bridgehead atoms. The lowest BCUT2D eigenvalue weighted by Crippen LogP contribution is -2.10. The summed E-state index contributed by atoms with van der Waals surface area (Å²) in [4.78, 5) is 11.8. The Kier molecular flexibility index (Phi) is 5.82. The summed E-state index contributed by atoms with van der Waals surface area (Å²) in [5, 5.41) is 7.81. The zero-order valence-electron chi connectivity index (χ0n) is 14.3. The Morgan fingerprint density at radius 2 is 1.73 bits per heavy atom. The highest BCUT2D eigenvalue weighted by molar-refractivity contribution is 5.69. The third kappa shape index (κ3) is 4.83. The smallest absolute Gasteiger partial charge is 0.309 e. The number of methoxy groups -OCH3 is 1. The Labute approximate surface area is 150 Å². The molecule has 0 aliphatic heterocycles. The summed E-state index contributed by atoms with van der Waals surface area (Å²) in [6.45, 7) is 0.144. The number of hydrogen-bond acceptors (Lipinski definition) is 7. The van der Waals surface area contributed by atoms with Crippen LogP contribution >= 0.6 is 0 Å². The molecule has 0 spiro atoms. The highest BCUT2D eigenvalue weighted by Crippen LogP contribution is 2.18. The summed E-state index contributed by atoms with van der Waals surface area (Å²) < 4.78 is 21.1. The van der Waals surface area contributed by atoms with E-state index in [0.29, 0.717) is 11.6 Å². The second kappa shape index (κ2) is 8.66. The van der Waals surface area contributed by atoms with E-state index in [1.165, 1.54) is 0 Å². The molecule has 0 saturated carbocycles. The topological polar surface area (TPSA) is 83.7 Å². The molecule has 3 aromatic rings. The number of benzene rings is 2. The van der Waals surface area contributed by atoms with E-state index >= 15 is 0 Å². The fourth-order valence-corrected chi connectivity index (χ4v) is 2.15. The van der Waals surface area contributed by atoms with Crippen molar-refractivity contribution in [3.63, 3.8) is 0 Å². The molecule has 134 valence electrons. The van der Waals surface area contributed by atoms with Crippen molar-refractivity contribution < 1.29 is 23.4 Å². The second-order valence-corrected chi connectivity index (χ2v) is 5.30. The van der Waals surface area contributed by atoms with Crippen LogP contribution in [0, 0.1) is 0 Å². The minimum Gasteiger partial charge on any atom is -0.497 e. The van der Waals surface area contributed by atoms with Gasteiger partial charge in [-0.25, -0.2) is 0 Å². The first kappa shape index (κ1) is 17.5. The molecule has 1 heterocycles. The average Bonchev–Trinajstić information content (AvgIpc) is 3.17. The second-order valence-electron chi connectivity index (χ2n) is 5.30. The highest BCUT2D eigenvalue weighted by Gasteiger charge is 2.11. The van der Waals surface area contributed by atoms with Gasteiger partial charge in [0.1, 0.15) is 11.5 Å². The van der Waals surface area contributed by atoms with Crippen LogP contribution in [0.15, 0.2) is 59.0 Å². The minimum absolute atomic E-state index is 0.0683. The summed E-state index contributed by atoms with van der Waals surface area (Å²) in [6.07, 6.45) is 0.117. The summed E-state index contributed by atoms with van der Waals surface area (Å²) in [5.41, 5.74) is 0.811. The van der Waals surface area contributed by atoms with Gasteiger partial charge in [-0.05, 0) is 36.4 Å². The molecule has 7 heteroatoms. The van der Waals surface area contributed by atoms with Gasteiger partial charge in [-0.15, -0.1) is 10.2 Å². The molecule has 0 radical (unpaired) electrons. The summed E-state index contributed by atoms with van der Waals surface area (Å²) in [7, 11) is 1.60. The Morgan fingerprint density at radius 1 is 1.00 bits per heavy atom. The molecule has 0 aliphatic rings. The first-order valence-electron chi connectivity index (χ1n) is 8.05. The molecular weight excluding hydrogens is 336 g/mol. The van der Waals surface area contributed by atoms with Crippen LogP contribution in [0.2, 0.25) is 0 Å². The maximum Gasteiger partial charge on any atom is 0.309 e. The van der Waals surface area contributed by atoms with Crippen molar-refractivity contribution in [2.45, 2.75) is 13.0 Å². The highest BCUT2D eigenvalue weighted by atomic mass is 16.5. The molecule has 0 saturated heterocycles. The summed E-state index contributed by atoms with van der Waals surface area (Å²) in [6, 6.07) is 16.5. The van der Waals surface area contributed by atoms with Crippen molar-refractivity contribution in [1.82, 2.24) is 10.2 Å². The monoisotopic (exact) mass is 354 g/mol. The van der Waals surface area contributed by atoms with Gasteiger partial charge < -0.3 is 18.6 Å². The van der Waals surface area contributed by atoms with Crippen LogP contribution in [-0.4, -0.2) is 29.9 Å². The van der Waals surface area contributed by atoms with Crippen LogP contribution in [-0.2, 0) is 16.1 Å². The van der Waals surface area contributed by atoms with Crippen molar-refractivity contribution in [2.75, 3.05) is 13.7 Å². The van der Waals surface area contributed by atoms with Crippen molar-refractivity contribution in [1.29, 1.82) is 0 Å². The number of aromatic nitrogens is 2. The van der Waals surface area contributed by atoms with E-state index in [1.54, 1.807) is 31.4 Å². The van der Waals surface area contributed by atoms with E-state index in [4.69, 9.17) is 18.6 Å². The third-order valence-corrected chi connectivity index (χ3v) is 3.48. The maximum atomic E-state index is 11.8. The number of carbonyl (C=O) groups is 1. The van der Waals surface area contributed by atoms with Gasteiger partial charge in [-0.1, -0.05) is 18.2 Å². The van der Waals surface area contributed by atoms with Crippen LogP contribution < -0.4 is 9.47 Å². The van der Waals surface area contributed by atoms with Gasteiger partial charge in [-0.2, -0.15) is 0 Å². The molecule has 0 fully saturated rings. The number of rotatable bonds is 8. The van der Waals surface area contributed by atoms with Gasteiger partial charge in [0.25, 0.3) is 5.89 Å². The Balaban J connectivity index is 1.40. The standard InChI is InChI=1S/C19H18N2O5/c1-23-15-7-9-16(10-8-15)24-12-11-18(22)25-13-17-20-21-19(26-17)14-5-3-2-4-6-14/h2-10H,11-13H2,1H3. The van der Waals surface area contributed by atoms with Crippen LogP contribution in [0.5, 0.6) is 11.5 Å². The number of carbonyl (C=O) groups excluding carboxylic acids is 1. The fourth-order valence-electron chi connectivity index (χ4n) is 2.15. The normalized spacial score (nSPS) is 10.3. The van der Waals surface area contributed by atoms with Crippen LogP contribution in [0.3, 0.4) is 0 Å². The van der Waals surface area contributed by atoms with Gasteiger partial charge in [-0.3, -0.25) is 4.79 Å². The van der Waals surface area contributed by atoms with Gasteiger partial charge in [0.15, 0.2) is 6.61 Å². The van der Waals surface area contributed by atoms with Crippen molar-refractivity contribution in [2.24, 2.45) is 0 Å². The van der Waals surface area contributed by atoms with Gasteiger partial charge >= 0.3 is 5.97 Å². The minimum atomic E-state index is -0.405. The van der Waals surface area contributed by atoms with Crippen LogP contribution in [0.1, 0.15) is 12.3 Å². The molecule has 7 nitrogen and oxygen atoms in total. The predicted octanol–water partition coefficient (Wildman–Crippen LogP) is 3.26. The molecule has 2 aromatic carbocycles. The Bertz CT molecular complexity index is 831. The molecule has 1 aromatic heterocycles.